The van der Waals surface area contributed by atoms with Crippen LogP contribution in [0.4, 0.5) is 19.1 Å². The number of rotatable bonds is 15. The molecule has 2 aromatic carbocycles. The maximum absolute atomic E-state index is 12.9. The molecule has 1 aromatic heterocycles. The minimum atomic E-state index is -4.58. The first-order valence-corrected chi connectivity index (χ1v) is 16.3. The average molecular weight is 663 g/mol. The fraction of sp³-hybridized carbons (Fsp3) is 0.387. The first-order valence-electron chi connectivity index (χ1n) is 14.2. The molecule has 1 N–H and O–H groups in total. The van der Waals surface area contributed by atoms with E-state index in [2.05, 4.69) is 26.8 Å². The molecule has 9 nitrogen and oxygen atoms in total. The monoisotopic (exact) mass is 662 g/mol. The molecule has 2 aliphatic rings. The van der Waals surface area contributed by atoms with Crippen molar-refractivity contribution in [3.8, 4) is 6.01 Å². The maximum Gasteiger partial charge on any atom is 0.422 e. The van der Waals surface area contributed by atoms with Gasteiger partial charge in [-0.05, 0) is 55.4 Å². The number of ketones is 2. The van der Waals surface area contributed by atoms with E-state index in [0.717, 1.165) is 23.8 Å². The summed E-state index contributed by atoms with van der Waals surface area (Å²) in [4.78, 5) is 38.0. The van der Waals surface area contributed by atoms with Crippen molar-refractivity contribution < 1.29 is 35.9 Å². The van der Waals surface area contributed by atoms with Gasteiger partial charge in [-0.1, -0.05) is 54.6 Å². The molecule has 2 saturated carbocycles. The Bertz CT molecular complexity index is 1710. The highest BCUT2D eigenvalue weighted by Gasteiger charge is 2.49. The Hall–Kier alpha value is -3.84. The molecule has 0 aliphatic heterocycles. The molecule has 0 amide bonds. The summed E-state index contributed by atoms with van der Waals surface area (Å²) in [6.45, 7) is 1.67. The number of halogens is 4. The zero-order chi connectivity index (χ0) is 32.5. The quantitative estimate of drug-likeness (QED) is 0.194. The van der Waals surface area contributed by atoms with Crippen LogP contribution < -0.4 is 10.1 Å². The number of sulfone groups is 1. The maximum atomic E-state index is 12.9. The van der Waals surface area contributed by atoms with Crippen LogP contribution in [0.5, 0.6) is 6.01 Å². The van der Waals surface area contributed by atoms with E-state index in [1.807, 2.05) is 12.1 Å². The number of Topliss-reactive ketones (excluding diaryl/α,β-unsaturated/α-hetero) is 2. The molecule has 0 spiro atoms. The van der Waals surface area contributed by atoms with Gasteiger partial charge in [0.15, 0.2) is 28.0 Å². The number of hydrogen-bond acceptors (Lipinski definition) is 9. The van der Waals surface area contributed by atoms with Gasteiger partial charge >= 0.3 is 12.2 Å². The topological polar surface area (TPSA) is 128 Å². The lowest BCUT2D eigenvalue weighted by molar-refractivity contribution is -0.154. The second-order valence-electron chi connectivity index (χ2n) is 11.4. The van der Waals surface area contributed by atoms with Crippen LogP contribution >= 0.6 is 11.6 Å². The van der Waals surface area contributed by atoms with E-state index >= 15 is 0 Å². The summed E-state index contributed by atoms with van der Waals surface area (Å²) < 4.78 is 67.0. The van der Waals surface area contributed by atoms with E-state index in [-0.39, 0.29) is 36.8 Å². The first kappa shape index (κ1) is 32.6. The summed E-state index contributed by atoms with van der Waals surface area (Å²) in [6.07, 6.45) is -1.52. The van der Waals surface area contributed by atoms with E-state index in [0.29, 0.717) is 29.0 Å². The summed E-state index contributed by atoms with van der Waals surface area (Å²) in [5, 5.41) is 4.58. The van der Waals surface area contributed by atoms with Crippen molar-refractivity contribution in [2.45, 2.75) is 56.7 Å². The van der Waals surface area contributed by atoms with Gasteiger partial charge in [-0.15, -0.1) is 0 Å². The highest BCUT2D eigenvalue weighted by atomic mass is 35.5. The predicted molar refractivity (Wildman–Crippen MR) is 161 cm³/mol. The molecule has 2 fully saturated rings. The number of benzene rings is 2. The number of aromatic nitrogens is 3. The normalized spacial score (nSPS) is 16.4. The van der Waals surface area contributed by atoms with Crippen molar-refractivity contribution in [2.75, 3.05) is 17.7 Å². The van der Waals surface area contributed by atoms with Crippen molar-refractivity contribution in [3.05, 3.63) is 88.1 Å². The molecule has 0 radical (unpaired) electrons. The van der Waals surface area contributed by atoms with Crippen LogP contribution in [-0.2, 0) is 26.6 Å². The van der Waals surface area contributed by atoms with E-state index in [4.69, 9.17) is 16.3 Å². The predicted octanol–water partition coefficient (Wildman–Crippen LogP) is 6.03. The number of ether oxygens (including phenoxy) is 1. The van der Waals surface area contributed by atoms with Crippen molar-refractivity contribution in [1.82, 2.24) is 15.0 Å². The van der Waals surface area contributed by atoms with E-state index in [9.17, 15) is 31.2 Å². The lowest BCUT2D eigenvalue weighted by Crippen LogP contribution is -2.24. The third-order valence-corrected chi connectivity index (χ3v) is 9.45. The van der Waals surface area contributed by atoms with Crippen molar-refractivity contribution in [1.29, 1.82) is 0 Å². The van der Waals surface area contributed by atoms with Gasteiger partial charge in [0.25, 0.3) is 0 Å². The van der Waals surface area contributed by atoms with E-state index < -0.39 is 51.1 Å². The molecule has 0 unspecified atom stereocenters. The average Bonchev–Trinajstić information content (AvgIpc) is 3.92. The van der Waals surface area contributed by atoms with Crippen molar-refractivity contribution >= 4 is 39.0 Å². The van der Waals surface area contributed by atoms with Gasteiger partial charge in [-0.2, -0.15) is 28.1 Å². The fourth-order valence-corrected chi connectivity index (χ4v) is 5.96. The number of nitrogens with one attached hydrogen (secondary N) is 1. The van der Waals surface area contributed by atoms with Crippen LogP contribution in [0.15, 0.2) is 60.5 Å². The van der Waals surface area contributed by atoms with Crippen LogP contribution in [0.1, 0.15) is 65.8 Å². The molecule has 238 valence electrons. The van der Waals surface area contributed by atoms with Gasteiger partial charge in [0.05, 0.1) is 5.54 Å². The third kappa shape index (κ3) is 8.46. The van der Waals surface area contributed by atoms with Crippen molar-refractivity contribution in [3.63, 3.8) is 0 Å². The molecule has 14 heteroatoms. The number of hydrogen-bond donors (Lipinski definition) is 1. The number of carbonyl (C=O) groups is 2. The third-order valence-electron chi connectivity index (χ3n) is 8.02. The molecule has 0 saturated heterocycles. The SMILES string of the molecule is C=CS(=O)(=O)CC(=O)C1(CCC(=O)c2ccc(Cc3nc(NC4(c5ccc(Cl)cc5)CC4)nc(OCC(F)(F)F)n3)cc2)CC1. The molecule has 45 heavy (non-hydrogen) atoms. The zero-order valence-corrected chi connectivity index (χ0v) is 25.6. The lowest BCUT2D eigenvalue weighted by atomic mass is 9.92. The number of carbonyl (C=O) groups excluding carboxylic acids is 2. The highest BCUT2D eigenvalue weighted by Crippen LogP contribution is 2.51. The van der Waals surface area contributed by atoms with Gasteiger partial charge in [-0.25, -0.2) is 8.42 Å². The number of alkyl halides is 3. The van der Waals surface area contributed by atoms with E-state index in [1.54, 1.807) is 36.4 Å². The van der Waals surface area contributed by atoms with Crippen LogP contribution in [0, 0.1) is 5.41 Å². The van der Waals surface area contributed by atoms with Gasteiger partial charge in [0.2, 0.25) is 5.95 Å². The van der Waals surface area contributed by atoms with Crippen molar-refractivity contribution in [2.24, 2.45) is 5.41 Å². The summed E-state index contributed by atoms with van der Waals surface area (Å²) in [5.74, 6) is -0.964. The van der Waals surface area contributed by atoms with Gasteiger partial charge in [-0.3, -0.25) is 9.59 Å². The van der Waals surface area contributed by atoms with Crippen LogP contribution in [0.3, 0.4) is 0 Å². The summed E-state index contributed by atoms with van der Waals surface area (Å²) in [5.41, 5.74) is 0.759. The Kier molecular flexibility index (Phi) is 9.05. The van der Waals surface area contributed by atoms with Gasteiger partial charge < -0.3 is 10.1 Å². The van der Waals surface area contributed by atoms with Gasteiger partial charge in [0, 0.05) is 34.3 Å². The van der Waals surface area contributed by atoms with Crippen LogP contribution in [-0.4, -0.2) is 53.5 Å². The lowest BCUT2D eigenvalue weighted by Gasteiger charge is -2.19. The first-order chi connectivity index (χ1) is 21.2. The Balaban J connectivity index is 1.26. The minimum Gasteiger partial charge on any atom is -0.454 e. The molecule has 2 aliphatic carbocycles. The fourth-order valence-electron chi connectivity index (χ4n) is 5.04. The summed E-state index contributed by atoms with van der Waals surface area (Å²) >= 11 is 6.02. The zero-order valence-electron chi connectivity index (χ0n) is 24.1. The molecular formula is C31H30ClF3N4O5S. The summed E-state index contributed by atoms with van der Waals surface area (Å²) in [7, 11) is -3.67. The second kappa shape index (κ2) is 12.5. The van der Waals surface area contributed by atoms with Crippen LogP contribution in [0.2, 0.25) is 5.02 Å². The molecule has 0 atom stereocenters. The summed E-state index contributed by atoms with van der Waals surface area (Å²) in [6, 6.07) is 13.4. The highest BCUT2D eigenvalue weighted by molar-refractivity contribution is 7.94. The molecular weight excluding hydrogens is 633 g/mol. The van der Waals surface area contributed by atoms with Gasteiger partial charge in [0.1, 0.15) is 11.6 Å². The van der Waals surface area contributed by atoms with E-state index in [1.165, 1.54) is 0 Å². The largest absolute Gasteiger partial charge is 0.454 e. The van der Waals surface area contributed by atoms with Crippen LogP contribution in [0.25, 0.3) is 0 Å². The second-order valence-corrected chi connectivity index (χ2v) is 13.8. The Morgan fingerprint density at radius 2 is 1.67 bits per heavy atom. The molecule has 0 bridgehead atoms. The standard InChI is InChI=1S/C31H30ClF3N4O5S/c1-2-45(42,43)18-25(41)29(13-14-29)12-11-24(40)21-5-3-20(4-6-21)17-26-36-27(38-28(37-26)44-19-31(33,34)35)39-30(15-16-30)22-7-9-23(32)10-8-22/h2-10H,1,11-19H2,(H,36,37,38,39). The Morgan fingerprint density at radius 1 is 1.00 bits per heavy atom. The number of anilines is 1. The molecule has 5 rings (SSSR count). The smallest absolute Gasteiger partial charge is 0.422 e. The minimum absolute atomic E-state index is 0.0702. The number of nitrogens with zero attached hydrogens (tertiary/aromatic N) is 3. The molecule has 1 heterocycles. The molecule has 3 aromatic rings. The Morgan fingerprint density at radius 3 is 2.24 bits per heavy atom. The Labute approximate surface area is 263 Å².